The van der Waals surface area contributed by atoms with Crippen LogP contribution >= 0.6 is 0 Å². The van der Waals surface area contributed by atoms with Crippen molar-refractivity contribution in [1.82, 2.24) is 14.9 Å². The molecule has 0 spiro atoms. The number of nitrogens with zero attached hydrogens (tertiary/aromatic N) is 2. The number of amides is 2. The fourth-order valence-corrected chi connectivity index (χ4v) is 2.19. The largest absolute Gasteiger partial charge is 0.334 e. The maximum absolute atomic E-state index is 11.9. The van der Waals surface area contributed by atoms with Gasteiger partial charge in [-0.3, -0.25) is 0 Å². The third kappa shape index (κ3) is 3.32. The first-order valence-corrected chi connectivity index (χ1v) is 6.99. The SMILES string of the molecule is O=C(NCc1ccccc1-n1ccnc1)Nc1ccccc1. The Balaban J connectivity index is 1.66. The second kappa shape index (κ2) is 6.58. The molecule has 0 aliphatic rings. The molecule has 0 atom stereocenters. The van der Waals surface area contributed by atoms with E-state index in [4.69, 9.17) is 0 Å². The minimum atomic E-state index is -0.230. The van der Waals surface area contributed by atoms with Gasteiger partial charge in [0.05, 0.1) is 12.0 Å². The molecular weight excluding hydrogens is 276 g/mol. The van der Waals surface area contributed by atoms with Gasteiger partial charge in [-0.25, -0.2) is 9.78 Å². The second-order valence-corrected chi connectivity index (χ2v) is 4.77. The number of rotatable bonds is 4. The van der Waals surface area contributed by atoms with E-state index in [0.29, 0.717) is 6.54 Å². The van der Waals surface area contributed by atoms with Crippen molar-refractivity contribution in [3.63, 3.8) is 0 Å². The zero-order valence-electron chi connectivity index (χ0n) is 11.9. The normalized spacial score (nSPS) is 10.2. The van der Waals surface area contributed by atoms with Gasteiger partial charge in [-0.2, -0.15) is 0 Å². The molecule has 0 bridgehead atoms. The van der Waals surface area contributed by atoms with Crippen LogP contribution in [-0.4, -0.2) is 15.6 Å². The van der Waals surface area contributed by atoms with Crippen LogP contribution in [0.5, 0.6) is 0 Å². The molecule has 1 aromatic heterocycles. The summed E-state index contributed by atoms with van der Waals surface area (Å²) in [5.41, 5.74) is 2.78. The molecule has 3 aromatic rings. The molecule has 22 heavy (non-hydrogen) atoms. The Kier molecular flexibility index (Phi) is 4.15. The van der Waals surface area contributed by atoms with Gasteiger partial charge in [-0.15, -0.1) is 0 Å². The van der Waals surface area contributed by atoms with Crippen molar-refractivity contribution in [1.29, 1.82) is 0 Å². The van der Waals surface area contributed by atoms with Gasteiger partial charge in [-0.05, 0) is 23.8 Å². The summed E-state index contributed by atoms with van der Waals surface area (Å²) >= 11 is 0. The average molecular weight is 292 g/mol. The number of benzene rings is 2. The van der Waals surface area contributed by atoms with Crippen molar-refractivity contribution in [2.45, 2.75) is 6.54 Å². The van der Waals surface area contributed by atoms with E-state index in [9.17, 15) is 4.79 Å². The lowest BCUT2D eigenvalue weighted by atomic mass is 10.1. The Morgan fingerprint density at radius 1 is 1.05 bits per heavy atom. The molecule has 0 fully saturated rings. The van der Waals surface area contributed by atoms with Gasteiger partial charge in [0.15, 0.2) is 0 Å². The van der Waals surface area contributed by atoms with Crippen molar-refractivity contribution in [3.05, 3.63) is 78.9 Å². The first-order valence-electron chi connectivity index (χ1n) is 6.99. The van der Waals surface area contributed by atoms with E-state index in [1.54, 1.807) is 12.5 Å². The number of imidazole rings is 1. The van der Waals surface area contributed by atoms with E-state index in [1.165, 1.54) is 0 Å². The lowest BCUT2D eigenvalue weighted by Gasteiger charge is -2.12. The molecule has 0 aliphatic heterocycles. The summed E-state index contributed by atoms with van der Waals surface area (Å²) in [5.74, 6) is 0. The van der Waals surface area contributed by atoms with Crippen molar-refractivity contribution < 1.29 is 4.79 Å². The van der Waals surface area contributed by atoms with Crippen molar-refractivity contribution in [2.24, 2.45) is 0 Å². The third-order valence-corrected chi connectivity index (χ3v) is 3.25. The molecule has 110 valence electrons. The minimum Gasteiger partial charge on any atom is -0.334 e. The molecule has 0 aliphatic carbocycles. The van der Waals surface area contributed by atoms with Crippen LogP contribution in [-0.2, 0) is 6.54 Å². The standard InChI is InChI=1S/C17H16N4O/c22-17(20-15-7-2-1-3-8-15)19-12-14-6-4-5-9-16(14)21-11-10-18-13-21/h1-11,13H,12H2,(H2,19,20,22). The number of hydrogen-bond donors (Lipinski definition) is 2. The van der Waals surface area contributed by atoms with E-state index in [2.05, 4.69) is 15.6 Å². The van der Waals surface area contributed by atoms with Gasteiger partial charge in [0.1, 0.15) is 0 Å². The van der Waals surface area contributed by atoms with Gasteiger partial charge >= 0.3 is 6.03 Å². The van der Waals surface area contributed by atoms with Crippen LogP contribution in [0.15, 0.2) is 73.3 Å². The van der Waals surface area contributed by atoms with E-state index in [1.807, 2.05) is 65.4 Å². The molecule has 0 saturated heterocycles. The summed E-state index contributed by atoms with van der Waals surface area (Å²) in [6.45, 7) is 0.438. The summed E-state index contributed by atoms with van der Waals surface area (Å²) in [7, 11) is 0. The number of urea groups is 1. The smallest absolute Gasteiger partial charge is 0.319 e. The molecule has 2 N–H and O–H groups in total. The van der Waals surface area contributed by atoms with Crippen LogP contribution in [0, 0.1) is 0 Å². The maximum atomic E-state index is 11.9. The quantitative estimate of drug-likeness (QED) is 0.776. The molecule has 2 amide bonds. The lowest BCUT2D eigenvalue weighted by Crippen LogP contribution is -2.28. The van der Waals surface area contributed by atoms with Crippen LogP contribution < -0.4 is 10.6 Å². The molecule has 5 nitrogen and oxygen atoms in total. The molecule has 3 rings (SSSR count). The Morgan fingerprint density at radius 3 is 2.59 bits per heavy atom. The van der Waals surface area contributed by atoms with Crippen LogP contribution in [0.3, 0.4) is 0 Å². The Bertz CT molecular complexity index is 738. The van der Waals surface area contributed by atoms with Gasteiger partial charge < -0.3 is 15.2 Å². The summed E-state index contributed by atoms with van der Waals surface area (Å²) in [6, 6.07) is 17.0. The van der Waals surface area contributed by atoms with E-state index >= 15 is 0 Å². The fraction of sp³-hybridized carbons (Fsp3) is 0.0588. The lowest BCUT2D eigenvalue weighted by molar-refractivity contribution is 0.251. The highest BCUT2D eigenvalue weighted by molar-refractivity contribution is 5.89. The van der Waals surface area contributed by atoms with E-state index < -0.39 is 0 Å². The van der Waals surface area contributed by atoms with Crippen LogP contribution in [0.25, 0.3) is 5.69 Å². The molecule has 0 radical (unpaired) electrons. The van der Waals surface area contributed by atoms with Gasteiger partial charge in [0.25, 0.3) is 0 Å². The molecule has 1 heterocycles. The topological polar surface area (TPSA) is 59.0 Å². The van der Waals surface area contributed by atoms with E-state index in [0.717, 1.165) is 16.9 Å². The Hall–Kier alpha value is -3.08. The van der Waals surface area contributed by atoms with Crippen LogP contribution in [0.4, 0.5) is 10.5 Å². The fourth-order valence-electron chi connectivity index (χ4n) is 2.19. The molecule has 0 saturated carbocycles. The maximum Gasteiger partial charge on any atom is 0.319 e. The average Bonchev–Trinajstić information content (AvgIpc) is 3.08. The third-order valence-electron chi connectivity index (χ3n) is 3.25. The first kappa shape index (κ1) is 13.9. The zero-order chi connectivity index (χ0) is 15.2. The molecule has 2 aromatic carbocycles. The highest BCUT2D eigenvalue weighted by atomic mass is 16.2. The molecular formula is C17H16N4O. The monoisotopic (exact) mass is 292 g/mol. The molecule has 0 unspecified atom stereocenters. The number of hydrogen-bond acceptors (Lipinski definition) is 2. The predicted molar refractivity (Wildman–Crippen MR) is 85.9 cm³/mol. The zero-order valence-corrected chi connectivity index (χ0v) is 11.9. The van der Waals surface area contributed by atoms with Gasteiger partial charge in [0.2, 0.25) is 0 Å². The second-order valence-electron chi connectivity index (χ2n) is 4.77. The Labute approximate surface area is 128 Å². The van der Waals surface area contributed by atoms with Gasteiger partial charge in [0, 0.05) is 24.6 Å². The first-order chi connectivity index (χ1) is 10.8. The summed E-state index contributed by atoms with van der Waals surface area (Å²) in [5, 5.41) is 5.66. The number of aromatic nitrogens is 2. The van der Waals surface area contributed by atoms with Crippen molar-refractivity contribution in [3.8, 4) is 5.69 Å². The summed E-state index contributed by atoms with van der Waals surface area (Å²) in [6.07, 6.45) is 5.35. The molecule has 5 heteroatoms. The minimum absolute atomic E-state index is 0.230. The number of carbonyl (C=O) groups excluding carboxylic acids is 1. The Morgan fingerprint density at radius 2 is 1.82 bits per heavy atom. The highest BCUT2D eigenvalue weighted by Crippen LogP contribution is 2.14. The number of anilines is 1. The summed E-state index contributed by atoms with van der Waals surface area (Å²) in [4.78, 5) is 16.0. The van der Waals surface area contributed by atoms with Crippen molar-refractivity contribution in [2.75, 3.05) is 5.32 Å². The van der Waals surface area contributed by atoms with Crippen LogP contribution in [0.2, 0.25) is 0 Å². The number of carbonyl (C=O) groups is 1. The number of nitrogens with one attached hydrogen (secondary N) is 2. The van der Waals surface area contributed by atoms with E-state index in [-0.39, 0.29) is 6.03 Å². The number of para-hydroxylation sites is 2. The van der Waals surface area contributed by atoms with Crippen LogP contribution in [0.1, 0.15) is 5.56 Å². The predicted octanol–water partition coefficient (Wildman–Crippen LogP) is 3.19. The van der Waals surface area contributed by atoms with Crippen molar-refractivity contribution >= 4 is 11.7 Å². The van der Waals surface area contributed by atoms with Gasteiger partial charge in [-0.1, -0.05) is 36.4 Å². The highest BCUT2D eigenvalue weighted by Gasteiger charge is 2.06. The summed E-state index contributed by atoms with van der Waals surface area (Å²) < 4.78 is 1.92.